The molecule has 1 aromatic rings. The summed E-state index contributed by atoms with van der Waals surface area (Å²) in [5, 5.41) is 9.65. The predicted octanol–water partition coefficient (Wildman–Crippen LogP) is 2.77. The fourth-order valence-electron chi connectivity index (χ4n) is 1.06. The van der Waals surface area contributed by atoms with Crippen molar-refractivity contribution in [1.82, 2.24) is 0 Å². The molecule has 0 saturated heterocycles. The van der Waals surface area contributed by atoms with Crippen LogP contribution in [0.25, 0.3) is 6.08 Å². The first-order chi connectivity index (χ1) is 7.06. The molecule has 0 fully saturated rings. The number of benzene rings is 1. The minimum Gasteiger partial charge on any atom is -0.503 e. The van der Waals surface area contributed by atoms with E-state index in [2.05, 4.69) is 15.9 Å². The zero-order chi connectivity index (χ0) is 11.4. The molecule has 0 aliphatic rings. The fourth-order valence-corrected chi connectivity index (χ4v) is 1.52. The summed E-state index contributed by atoms with van der Waals surface area (Å²) in [6.45, 7) is 1.47. The van der Waals surface area contributed by atoms with Crippen LogP contribution in [0.4, 0.5) is 0 Å². The van der Waals surface area contributed by atoms with Crippen molar-refractivity contribution in [2.75, 3.05) is 7.11 Å². The van der Waals surface area contributed by atoms with Gasteiger partial charge in [-0.2, -0.15) is 0 Å². The molecular weight excluding hydrogens is 260 g/mol. The summed E-state index contributed by atoms with van der Waals surface area (Å²) in [7, 11) is 1.48. The topological polar surface area (TPSA) is 46.5 Å². The first-order valence-electron chi connectivity index (χ1n) is 4.30. The average molecular weight is 271 g/mol. The molecule has 0 heterocycles. The number of carbonyl (C=O) groups excluding carboxylic acids is 1. The van der Waals surface area contributed by atoms with E-state index in [1.165, 1.54) is 20.1 Å². The van der Waals surface area contributed by atoms with Crippen molar-refractivity contribution in [2.24, 2.45) is 0 Å². The van der Waals surface area contributed by atoms with Crippen LogP contribution in [0.3, 0.4) is 0 Å². The first-order valence-corrected chi connectivity index (χ1v) is 5.09. The molecule has 0 aliphatic heterocycles. The molecule has 0 aliphatic carbocycles. The molecule has 0 aromatic heterocycles. The van der Waals surface area contributed by atoms with E-state index in [4.69, 9.17) is 4.74 Å². The Labute approximate surface area is 96.5 Å². The summed E-state index contributed by atoms with van der Waals surface area (Å²) in [5.41, 5.74) is 0.725. The minimum absolute atomic E-state index is 0.0307. The second-order valence-electron chi connectivity index (χ2n) is 2.96. The van der Waals surface area contributed by atoms with Crippen LogP contribution in [0.2, 0.25) is 0 Å². The Morgan fingerprint density at radius 2 is 2.20 bits per heavy atom. The molecule has 0 atom stereocenters. The molecule has 0 spiro atoms. The number of aromatic hydroxyl groups is 1. The lowest BCUT2D eigenvalue weighted by molar-refractivity contribution is -0.112. The van der Waals surface area contributed by atoms with Crippen molar-refractivity contribution in [3.8, 4) is 11.5 Å². The first kappa shape index (κ1) is 11.8. The van der Waals surface area contributed by atoms with Crippen molar-refractivity contribution < 1.29 is 14.6 Å². The molecule has 0 bridgehead atoms. The van der Waals surface area contributed by atoms with Gasteiger partial charge >= 0.3 is 0 Å². The summed E-state index contributed by atoms with van der Waals surface area (Å²) in [4.78, 5) is 10.7. The highest BCUT2D eigenvalue weighted by Gasteiger charge is 2.08. The molecule has 0 saturated carbocycles. The lowest BCUT2D eigenvalue weighted by Gasteiger charge is -2.06. The van der Waals surface area contributed by atoms with E-state index in [1.54, 1.807) is 18.2 Å². The molecule has 0 unspecified atom stereocenters. The minimum atomic E-state index is -0.0443. The van der Waals surface area contributed by atoms with Gasteiger partial charge in [-0.15, -0.1) is 0 Å². The Hall–Kier alpha value is -1.29. The van der Waals surface area contributed by atoms with Crippen molar-refractivity contribution in [2.45, 2.75) is 6.92 Å². The largest absolute Gasteiger partial charge is 0.503 e. The molecule has 1 N–H and O–H groups in total. The van der Waals surface area contributed by atoms with Gasteiger partial charge in [0.05, 0.1) is 11.6 Å². The molecule has 15 heavy (non-hydrogen) atoms. The molecule has 80 valence electrons. The number of phenols is 1. The van der Waals surface area contributed by atoms with Gasteiger partial charge in [0.1, 0.15) is 0 Å². The van der Waals surface area contributed by atoms with Crippen LogP contribution in [0.1, 0.15) is 12.5 Å². The highest BCUT2D eigenvalue weighted by Crippen LogP contribution is 2.36. The van der Waals surface area contributed by atoms with Crippen LogP contribution >= 0.6 is 15.9 Å². The number of ketones is 1. The van der Waals surface area contributed by atoms with E-state index in [0.29, 0.717) is 10.2 Å². The molecule has 0 radical (unpaired) electrons. The van der Waals surface area contributed by atoms with E-state index in [1.807, 2.05) is 0 Å². The summed E-state index contributed by atoms with van der Waals surface area (Å²) >= 11 is 3.23. The summed E-state index contributed by atoms with van der Waals surface area (Å²) < 4.78 is 5.45. The van der Waals surface area contributed by atoms with Gasteiger partial charge in [-0.1, -0.05) is 6.08 Å². The highest BCUT2D eigenvalue weighted by molar-refractivity contribution is 9.10. The van der Waals surface area contributed by atoms with Gasteiger partial charge in [-0.05, 0) is 46.6 Å². The van der Waals surface area contributed by atoms with Gasteiger partial charge in [-0.25, -0.2) is 0 Å². The SMILES string of the molecule is COc1ccc(/C=C/C(C)=O)c(Br)c1O. The van der Waals surface area contributed by atoms with E-state index in [-0.39, 0.29) is 11.5 Å². The average Bonchev–Trinajstić information content (AvgIpc) is 2.20. The Morgan fingerprint density at radius 1 is 1.53 bits per heavy atom. The zero-order valence-electron chi connectivity index (χ0n) is 8.45. The number of halogens is 1. The van der Waals surface area contributed by atoms with Gasteiger partial charge in [0.2, 0.25) is 0 Å². The van der Waals surface area contributed by atoms with E-state index in [9.17, 15) is 9.90 Å². The van der Waals surface area contributed by atoms with E-state index in [0.717, 1.165) is 5.56 Å². The quantitative estimate of drug-likeness (QED) is 0.860. The van der Waals surface area contributed by atoms with Crippen LogP contribution in [0, 0.1) is 0 Å². The standard InChI is InChI=1S/C11H11BrO3/c1-7(13)3-4-8-5-6-9(15-2)11(14)10(8)12/h3-6,14H,1-2H3/b4-3+. The smallest absolute Gasteiger partial charge is 0.172 e. The third-order valence-corrected chi connectivity index (χ3v) is 2.66. The fraction of sp³-hybridized carbons (Fsp3) is 0.182. The molecule has 1 rings (SSSR count). The third kappa shape index (κ3) is 2.83. The molecule has 1 aromatic carbocycles. The number of allylic oxidation sites excluding steroid dienone is 1. The Bertz CT molecular complexity index is 411. The lowest BCUT2D eigenvalue weighted by atomic mass is 10.2. The third-order valence-electron chi connectivity index (χ3n) is 1.83. The zero-order valence-corrected chi connectivity index (χ0v) is 10.0. The number of hydrogen-bond acceptors (Lipinski definition) is 3. The Balaban J connectivity index is 3.12. The van der Waals surface area contributed by atoms with Crippen LogP contribution in [0.15, 0.2) is 22.7 Å². The predicted molar refractivity (Wildman–Crippen MR) is 62.1 cm³/mol. The van der Waals surface area contributed by atoms with E-state index >= 15 is 0 Å². The van der Waals surface area contributed by atoms with Crippen LogP contribution in [-0.2, 0) is 4.79 Å². The molecule has 3 nitrogen and oxygen atoms in total. The lowest BCUT2D eigenvalue weighted by Crippen LogP contribution is -1.87. The Morgan fingerprint density at radius 3 is 2.73 bits per heavy atom. The van der Waals surface area contributed by atoms with Crippen LogP contribution in [0.5, 0.6) is 11.5 Å². The monoisotopic (exact) mass is 270 g/mol. The number of ether oxygens (including phenoxy) is 1. The van der Waals surface area contributed by atoms with Crippen molar-refractivity contribution >= 4 is 27.8 Å². The van der Waals surface area contributed by atoms with Gasteiger partial charge in [-0.3, -0.25) is 4.79 Å². The molecular formula is C11H11BrO3. The summed E-state index contributed by atoms with van der Waals surface area (Å²) in [5.74, 6) is 0.377. The van der Waals surface area contributed by atoms with Crippen molar-refractivity contribution in [3.63, 3.8) is 0 Å². The number of carbonyl (C=O) groups is 1. The number of hydrogen-bond donors (Lipinski definition) is 1. The second-order valence-corrected chi connectivity index (χ2v) is 3.76. The summed E-state index contributed by atoms with van der Waals surface area (Å²) in [6, 6.07) is 3.39. The van der Waals surface area contributed by atoms with Crippen molar-refractivity contribution in [1.29, 1.82) is 0 Å². The van der Waals surface area contributed by atoms with E-state index < -0.39 is 0 Å². The number of rotatable bonds is 3. The van der Waals surface area contributed by atoms with Crippen molar-refractivity contribution in [3.05, 3.63) is 28.2 Å². The molecule has 4 heteroatoms. The second kappa shape index (κ2) is 4.98. The maximum Gasteiger partial charge on any atom is 0.172 e. The van der Waals surface area contributed by atoms with Gasteiger partial charge in [0.15, 0.2) is 17.3 Å². The maximum atomic E-state index is 10.7. The normalized spacial score (nSPS) is 10.6. The Kier molecular flexibility index (Phi) is 3.91. The number of methoxy groups -OCH3 is 1. The molecule has 0 amide bonds. The van der Waals surface area contributed by atoms with Gasteiger partial charge in [0, 0.05) is 0 Å². The van der Waals surface area contributed by atoms with Crippen LogP contribution in [-0.4, -0.2) is 18.0 Å². The van der Waals surface area contributed by atoms with Crippen LogP contribution < -0.4 is 4.74 Å². The maximum absolute atomic E-state index is 10.7. The van der Waals surface area contributed by atoms with Gasteiger partial charge < -0.3 is 9.84 Å². The highest BCUT2D eigenvalue weighted by atomic mass is 79.9. The van der Waals surface area contributed by atoms with Gasteiger partial charge in [0.25, 0.3) is 0 Å². The summed E-state index contributed by atoms with van der Waals surface area (Å²) in [6.07, 6.45) is 3.07. The number of phenolic OH excluding ortho intramolecular Hbond substituents is 1.